The summed E-state index contributed by atoms with van der Waals surface area (Å²) >= 11 is 0. The number of morpholine rings is 1. The third-order valence-electron chi connectivity index (χ3n) is 2.18. The van der Waals surface area contributed by atoms with E-state index in [1.807, 2.05) is 5.48 Å². The molecule has 0 aromatic carbocycles. The second-order valence-corrected chi connectivity index (χ2v) is 3.49. The lowest BCUT2D eigenvalue weighted by molar-refractivity contribution is -0.144. The average Bonchev–Trinajstić information content (AvgIpc) is 2.30. The highest BCUT2D eigenvalue weighted by atomic mass is 16.7. The minimum Gasteiger partial charge on any atom is -0.479 e. The second-order valence-electron chi connectivity index (χ2n) is 3.49. The van der Waals surface area contributed by atoms with Crippen molar-refractivity contribution in [1.82, 2.24) is 15.7 Å². The molecular formula is C9H17N3O5. The van der Waals surface area contributed by atoms with Crippen LogP contribution in [0.3, 0.4) is 0 Å². The molecule has 0 unspecified atom stereocenters. The molecule has 1 aliphatic heterocycles. The Morgan fingerprint density at radius 1 is 1.35 bits per heavy atom. The third-order valence-corrected chi connectivity index (χ3v) is 2.18. The SMILES string of the molecule is O=C(O)CONC(=O)NCCN1CCOCC1. The van der Waals surface area contributed by atoms with E-state index < -0.39 is 18.6 Å². The van der Waals surface area contributed by atoms with E-state index in [0.717, 1.165) is 19.6 Å². The fourth-order valence-corrected chi connectivity index (χ4v) is 1.35. The number of nitrogens with one attached hydrogen (secondary N) is 2. The van der Waals surface area contributed by atoms with Gasteiger partial charge in [-0.1, -0.05) is 0 Å². The van der Waals surface area contributed by atoms with Gasteiger partial charge >= 0.3 is 12.0 Å². The summed E-state index contributed by atoms with van der Waals surface area (Å²) in [4.78, 5) is 27.7. The first kappa shape index (κ1) is 13.7. The van der Waals surface area contributed by atoms with Gasteiger partial charge in [0.2, 0.25) is 0 Å². The molecule has 17 heavy (non-hydrogen) atoms. The molecule has 1 heterocycles. The van der Waals surface area contributed by atoms with E-state index in [1.54, 1.807) is 0 Å². The maximum atomic E-state index is 11.1. The van der Waals surface area contributed by atoms with Gasteiger partial charge in [0, 0.05) is 26.2 Å². The monoisotopic (exact) mass is 247 g/mol. The number of hydrogen-bond donors (Lipinski definition) is 3. The molecule has 0 aliphatic carbocycles. The summed E-state index contributed by atoms with van der Waals surface area (Å²) in [7, 11) is 0. The molecular weight excluding hydrogens is 230 g/mol. The number of carbonyl (C=O) groups is 2. The second kappa shape index (κ2) is 7.82. The Morgan fingerprint density at radius 2 is 2.06 bits per heavy atom. The van der Waals surface area contributed by atoms with Gasteiger partial charge in [0.05, 0.1) is 13.2 Å². The van der Waals surface area contributed by atoms with Crippen LogP contribution in [0.2, 0.25) is 0 Å². The van der Waals surface area contributed by atoms with Crippen LogP contribution in [-0.2, 0) is 14.4 Å². The number of amides is 2. The molecule has 1 rings (SSSR count). The number of aliphatic carboxylic acids is 1. The van der Waals surface area contributed by atoms with Crippen LogP contribution in [0.4, 0.5) is 4.79 Å². The smallest absolute Gasteiger partial charge is 0.338 e. The van der Waals surface area contributed by atoms with Crippen molar-refractivity contribution >= 4 is 12.0 Å². The molecule has 0 aromatic heterocycles. The van der Waals surface area contributed by atoms with E-state index in [-0.39, 0.29) is 0 Å². The molecule has 0 radical (unpaired) electrons. The highest BCUT2D eigenvalue weighted by Crippen LogP contribution is 1.94. The molecule has 1 fully saturated rings. The van der Waals surface area contributed by atoms with E-state index in [9.17, 15) is 9.59 Å². The first-order valence-corrected chi connectivity index (χ1v) is 5.36. The summed E-state index contributed by atoms with van der Waals surface area (Å²) in [6, 6.07) is -0.542. The molecule has 8 heteroatoms. The Morgan fingerprint density at radius 3 is 2.71 bits per heavy atom. The number of hydrogen-bond acceptors (Lipinski definition) is 5. The predicted molar refractivity (Wildman–Crippen MR) is 57.4 cm³/mol. The highest BCUT2D eigenvalue weighted by Gasteiger charge is 2.10. The van der Waals surface area contributed by atoms with Crippen molar-refractivity contribution in [3.63, 3.8) is 0 Å². The molecule has 0 atom stereocenters. The quantitative estimate of drug-likeness (QED) is 0.501. The van der Waals surface area contributed by atoms with Crippen LogP contribution in [0.5, 0.6) is 0 Å². The highest BCUT2D eigenvalue weighted by molar-refractivity contribution is 5.73. The average molecular weight is 247 g/mol. The molecule has 0 saturated carbocycles. The van der Waals surface area contributed by atoms with Crippen LogP contribution in [0, 0.1) is 0 Å². The molecule has 1 saturated heterocycles. The number of carboxylic acids is 1. The van der Waals surface area contributed by atoms with Crippen LogP contribution >= 0.6 is 0 Å². The number of ether oxygens (including phenoxy) is 1. The normalized spacial score (nSPS) is 16.5. The third kappa shape index (κ3) is 6.72. The summed E-state index contributed by atoms with van der Waals surface area (Å²) in [5.74, 6) is -1.14. The number of nitrogens with zero attached hydrogens (tertiary/aromatic N) is 1. The fourth-order valence-electron chi connectivity index (χ4n) is 1.35. The van der Waals surface area contributed by atoms with E-state index in [0.29, 0.717) is 19.8 Å². The van der Waals surface area contributed by atoms with Crippen molar-refractivity contribution < 1.29 is 24.3 Å². The minimum absolute atomic E-state index is 0.474. The van der Waals surface area contributed by atoms with Gasteiger partial charge < -0.3 is 15.2 Å². The van der Waals surface area contributed by atoms with Gasteiger partial charge in [-0.25, -0.2) is 15.1 Å². The first-order chi connectivity index (χ1) is 8.18. The summed E-state index contributed by atoms with van der Waals surface area (Å²) < 4.78 is 5.19. The van der Waals surface area contributed by atoms with E-state index in [2.05, 4.69) is 15.1 Å². The van der Waals surface area contributed by atoms with Crippen LogP contribution in [0.25, 0.3) is 0 Å². The van der Waals surface area contributed by atoms with Crippen molar-refractivity contribution in [2.45, 2.75) is 0 Å². The van der Waals surface area contributed by atoms with Gasteiger partial charge in [-0.15, -0.1) is 0 Å². The van der Waals surface area contributed by atoms with Gasteiger partial charge in [0.15, 0.2) is 6.61 Å². The molecule has 0 spiro atoms. The van der Waals surface area contributed by atoms with Crippen molar-refractivity contribution in [2.75, 3.05) is 46.0 Å². The zero-order chi connectivity index (χ0) is 12.5. The van der Waals surface area contributed by atoms with Crippen LogP contribution in [-0.4, -0.2) is 68.0 Å². The summed E-state index contributed by atoms with van der Waals surface area (Å²) in [5, 5.41) is 10.8. The van der Waals surface area contributed by atoms with Crippen molar-refractivity contribution in [3.8, 4) is 0 Å². The lowest BCUT2D eigenvalue weighted by Gasteiger charge is -2.26. The molecule has 8 nitrogen and oxygen atoms in total. The number of urea groups is 1. The van der Waals surface area contributed by atoms with Crippen molar-refractivity contribution in [1.29, 1.82) is 0 Å². The standard InChI is InChI=1S/C9H17N3O5/c13-8(14)7-17-11-9(15)10-1-2-12-3-5-16-6-4-12/h1-7H2,(H,13,14)(H2,10,11,15). The molecule has 0 aromatic rings. The molecule has 1 aliphatic rings. The number of carbonyl (C=O) groups excluding carboxylic acids is 1. The van der Waals surface area contributed by atoms with Gasteiger partial charge in [0.1, 0.15) is 0 Å². The van der Waals surface area contributed by atoms with Crippen LogP contribution < -0.4 is 10.8 Å². The Balaban J connectivity index is 1.97. The molecule has 2 amide bonds. The van der Waals surface area contributed by atoms with E-state index in [4.69, 9.17) is 9.84 Å². The van der Waals surface area contributed by atoms with E-state index in [1.165, 1.54) is 0 Å². The largest absolute Gasteiger partial charge is 0.479 e. The van der Waals surface area contributed by atoms with E-state index >= 15 is 0 Å². The Labute approximate surface area is 98.8 Å². The predicted octanol–water partition coefficient (Wildman–Crippen LogP) is -1.37. The summed E-state index contributed by atoms with van der Waals surface area (Å²) in [6.07, 6.45) is 0. The van der Waals surface area contributed by atoms with Crippen molar-refractivity contribution in [2.24, 2.45) is 0 Å². The molecule has 98 valence electrons. The first-order valence-electron chi connectivity index (χ1n) is 5.36. The molecule has 3 N–H and O–H groups in total. The maximum absolute atomic E-state index is 11.1. The number of carboxylic acid groups (broad SMARTS) is 1. The lowest BCUT2D eigenvalue weighted by Crippen LogP contribution is -2.43. The summed E-state index contributed by atoms with van der Waals surface area (Å²) in [5.41, 5.74) is 1.98. The van der Waals surface area contributed by atoms with Crippen LogP contribution in [0.15, 0.2) is 0 Å². The van der Waals surface area contributed by atoms with Gasteiger partial charge in [-0.3, -0.25) is 9.74 Å². The minimum atomic E-state index is -1.14. The number of rotatable bonds is 6. The van der Waals surface area contributed by atoms with Crippen LogP contribution in [0.1, 0.15) is 0 Å². The topological polar surface area (TPSA) is 100 Å². The fraction of sp³-hybridized carbons (Fsp3) is 0.778. The number of hydroxylamine groups is 1. The maximum Gasteiger partial charge on any atom is 0.338 e. The zero-order valence-corrected chi connectivity index (χ0v) is 9.48. The van der Waals surface area contributed by atoms with Gasteiger partial charge in [0.25, 0.3) is 0 Å². The Kier molecular flexibility index (Phi) is 6.30. The Hall–Kier alpha value is -1.38. The Bertz CT molecular complexity index is 255. The van der Waals surface area contributed by atoms with Crippen molar-refractivity contribution in [3.05, 3.63) is 0 Å². The van der Waals surface area contributed by atoms with Gasteiger partial charge in [-0.05, 0) is 0 Å². The molecule has 0 bridgehead atoms. The lowest BCUT2D eigenvalue weighted by atomic mass is 10.4. The zero-order valence-electron chi connectivity index (χ0n) is 9.48. The summed E-state index contributed by atoms with van der Waals surface area (Å²) in [6.45, 7) is 3.80. The van der Waals surface area contributed by atoms with Gasteiger partial charge in [-0.2, -0.15) is 0 Å².